The highest BCUT2D eigenvalue weighted by atomic mass is 19.1. The summed E-state index contributed by atoms with van der Waals surface area (Å²) in [6.45, 7) is 0.446. The Morgan fingerprint density at radius 1 is 1.12 bits per heavy atom. The number of amides is 1. The second kappa shape index (κ2) is 7.45. The summed E-state index contributed by atoms with van der Waals surface area (Å²) in [4.78, 5) is 12.6. The SMILES string of the molecule is N#Cc1ccn(-c2cccc(F)c2)c1C(=O)NCCc1ccccc1. The van der Waals surface area contributed by atoms with Crippen LogP contribution in [0.25, 0.3) is 5.69 Å². The van der Waals surface area contributed by atoms with Gasteiger partial charge in [0.1, 0.15) is 17.6 Å². The average Bonchev–Trinajstić information content (AvgIpc) is 3.07. The van der Waals surface area contributed by atoms with Gasteiger partial charge < -0.3 is 9.88 Å². The lowest BCUT2D eigenvalue weighted by Crippen LogP contribution is -2.28. The number of nitrogens with zero attached hydrogens (tertiary/aromatic N) is 2. The molecular formula is C20H16FN3O. The van der Waals surface area contributed by atoms with Crippen LogP contribution < -0.4 is 5.32 Å². The van der Waals surface area contributed by atoms with Crippen molar-refractivity contribution >= 4 is 5.91 Å². The molecule has 5 heteroatoms. The van der Waals surface area contributed by atoms with Gasteiger partial charge in [-0.3, -0.25) is 4.79 Å². The van der Waals surface area contributed by atoms with Crippen molar-refractivity contribution in [1.29, 1.82) is 5.26 Å². The number of hydrogen-bond acceptors (Lipinski definition) is 2. The highest BCUT2D eigenvalue weighted by Crippen LogP contribution is 2.18. The maximum atomic E-state index is 13.5. The molecule has 1 N–H and O–H groups in total. The molecule has 0 fully saturated rings. The zero-order valence-corrected chi connectivity index (χ0v) is 13.4. The number of carbonyl (C=O) groups is 1. The molecule has 0 atom stereocenters. The van der Waals surface area contributed by atoms with E-state index in [4.69, 9.17) is 0 Å². The molecular weight excluding hydrogens is 317 g/mol. The Balaban J connectivity index is 1.80. The third-order valence-electron chi connectivity index (χ3n) is 3.85. The van der Waals surface area contributed by atoms with Crippen LogP contribution in [0.5, 0.6) is 0 Å². The smallest absolute Gasteiger partial charge is 0.269 e. The number of halogens is 1. The summed E-state index contributed by atoms with van der Waals surface area (Å²) in [6, 6.07) is 19.3. The van der Waals surface area contributed by atoms with Crippen LogP contribution in [0, 0.1) is 17.1 Å². The van der Waals surface area contributed by atoms with Gasteiger partial charge in [-0.15, -0.1) is 0 Å². The monoisotopic (exact) mass is 333 g/mol. The molecule has 0 aliphatic rings. The highest BCUT2D eigenvalue weighted by molar-refractivity contribution is 5.95. The Morgan fingerprint density at radius 3 is 2.64 bits per heavy atom. The molecule has 0 aliphatic heterocycles. The van der Waals surface area contributed by atoms with Gasteiger partial charge >= 0.3 is 0 Å². The van der Waals surface area contributed by atoms with E-state index in [0.29, 0.717) is 18.7 Å². The van der Waals surface area contributed by atoms with Crippen molar-refractivity contribution < 1.29 is 9.18 Å². The predicted molar refractivity (Wildman–Crippen MR) is 92.9 cm³/mol. The van der Waals surface area contributed by atoms with Crippen molar-refractivity contribution in [3.8, 4) is 11.8 Å². The molecule has 0 unspecified atom stereocenters. The quantitative estimate of drug-likeness (QED) is 0.777. The van der Waals surface area contributed by atoms with Gasteiger partial charge in [0, 0.05) is 18.4 Å². The van der Waals surface area contributed by atoms with Crippen molar-refractivity contribution in [2.24, 2.45) is 0 Å². The minimum atomic E-state index is -0.403. The Labute approximate surface area is 145 Å². The molecule has 0 saturated heterocycles. The number of rotatable bonds is 5. The lowest BCUT2D eigenvalue weighted by Gasteiger charge is -2.11. The van der Waals surface area contributed by atoms with E-state index in [1.54, 1.807) is 24.4 Å². The molecule has 1 heterocycles. The van der Waals surface area contributed by atoms with Crippen molar-refractivity contribution in [3.05, 3.63) is 89.5 Å². The van der Waals surface area contributed by atoms with Crippen LogP contribution in [-0.2, 0) is 6.42 Å². The Morgan fingerprint density at radius 2 is 1.92 bits per heavy atom. The second-order valence-corrected chi connectivity index (χ2v) is 5.53. The van der Waals surface area contributed by atoms with Crippen LogP contribution >= 0.6 is 0 Å². The van der Waals surface area contributed by atoms with Crippen molar-refractivity contribution in [1.82, 2.24) is 9.88 Å². The molecule has 3 rings (SSSR count). The maximum Gasteiger partial charge on any atom is 0.269 e. The van der Waals surface area contributed by atoms with Crippen molar-refractivity contribution in [2.75, 3.05) is 6.54 Å². The Hall–Kier alpha value is -3.39. The first-order valence-corrected chi connectivity index (χ1v) is 7.88. The van der Waals surface area contributed by atoms with E-state index in [9.17, 15) is 14.4 Å². The summed E-state index contributed by atoms with van der Waals surface area (Å²) in [5.74, 6) is -0.762. The zero-order chi connectivity index (χ0) is 17.6. The van der Waals surface area contributed by atoms with E-state index in [0.717, 1.165) is 5.56 Å². The number of hydrogen-bond donors (Lipinski definition) is 1. The van der Waals surface area contributed by atoms with Crippen LogP contribution in [0.4, 0.5) is 4.39 Å². The normalized spacial score (nSPS) is 10.2. The third kappa shape index (κ3) is 3.75. The number of benzene rings is 2. The standard InChI is InChI=1S/C20H16FN3O/c21-17-7-4-8-18(13-17)24-12-10-16(14-22)19(24)20(25)23-11-9-15-5-2-1-3-6-15/h1-8,10,12-13H,9,11H2,(H,23,25). The van der Waals surface area contributed by atoms with Crippen molar-refractivity contribution in [2.45, 2.75) is 6.42 Å². The fraction of sp³-hybridized carbons (Fsp3) is 0.100. The van der Waals surface area contributed by atoms with Crippen LogP contribution in [0.1, 0.15) is 21.6 Å². The lowest BCUT2D eigenvalue weighted by molar-refractivity contribution is 0.0947. The summed E-state index contributed by atoms with van der Waals surface area (Å²) in [5, 5.41) is 12.1. The van der Waals surface area contributed by atoms with E-state index >= 15 is 0 Å². The van der Waals surface area contributed by atoms with Gasteiger partial charge in [0.15, 0.2) is 0 Å². The van der Waals surface area contributed by atoms with Gasteiger partial charge in [-0.1, -0.05) is 36.4 Å². The number of carbonyl (C=O) groups excluding carboxylic acids is 1. The maximum absolute atomic E-state index is 13.5. The molecule has 0 spiro atoms. The minimum absolute atomic E-state index is 0.209. The zero-order valence-electron chi connectivity index (χ0n) is 13.4. The molecule has 124 valence electrons. The van der Waals surface area contributed by atoms with E-state index in [1.165, 1.54) is 16.7 Å². The van der Waals surface area contributed by atoms with E-state index < -0.39 is 5.82 Å². The molecule has 4 nitrogen and oxygen atoms in total. The number of nitrogens with one attached hydrogen (secondary N) is 1. The molecule has 0 saturated carbocycles. The first-order chi connectivity index (χ1) is 12.2. The van der Waals surface area contributed by atoms with E-state index in [2.05, 4.69) is 5.32 Å². The first-order valence-electron chi connectivity index (χ1n) is 7.88. The van der Waals surface area contributed by atoms with Crippen molar-refractivity contribution in [3.63, 3.8) is 0 Å². The molecule has 1 aromatic heterocycles. The van der Waals surface area contributed by atoms with E-state index in [-0.39, 0.29) is 17.2 Å². The summed E-state index contributed by atoms with van der Waals surface area (Å²) in [7, 11) is 0. The molecule has 3 aromatic rings. The van der Waals surface area contributed by atoms with Crippen LogP contribution in [0.2, 0.25) is 0 Å². The fourth-order valence-electron chi connectivity index (χ4n) is 2.64. The van der Waals surface area contributed by atoms with Gasteiger partial charge in [-0.05, 0) is 36.2 Å². The van der Waals surface area contributed by atoms with Crippen LogP contribution in [0.15, 0.2) is 66.9 Å². The van der Waals surface area contributed by atoms with Gasteiger partial charge in [0.2, 0.25) is 0 Å². The first kappa shape index (κ1) is 16.5. The highest BCUT2D eigenvalue weighted by Gasteiger charge is 2.18. The molecule has 1 amide bonds. The molecule has 2 aromatic carbocycles. The van der Waals surface area contributed by atoms with Gasteiger partial charge in [-0.2, -0.15) is 5.26 Å². The second-order valence-electron chi connectivity index (χ2n) is 5.53. The summed E-state index contributed by atoms with van der Waals surface area (Å²) in [5.41, 5.74) is 2.07. The fourth-order valence-corrected chi connectivity index (χ4v) is 2.64. The molecule has 0 bridgehead atoms. The third-order valence-corrected chi connectivity index (χ3v) is 3.85. The molecule has 25 heavy (non-hydrogen) atoms. The topological polar surface area (TPSA) is 57.8 Å². The number of aromatic nitrogens is 1. The molecule has 0 radical (unpaired) electrons. The minimum Gasteiger partial charge on any atom is -0.350 e. The predicted octanol–water partition coefficient (Wildman–Crippen LogP) is 3.46. The Bertz CT molecular complexity index is 926. The van der Waals surface area contributed by atoms with Crippen LogP contribution in [-0.4, -0.2) is 17.0 Å². The molecule has 0 aliphatic carbocycles. The number of nitriles is 1. The summed E-state index contributed by atoms with van der Waals surface area (Å²) >= 11 is 0. The lowest BCUT2D eigenvalue weighted by atomic mass is 10.1. The van der Waals surface area contributed by atoms with Gasteiger partial charge in [0.25, 0.3) is 5.91 Å². The van der Waals surface area contributed by atoms with Gasteiger partial charge in [0.05, 0.1) is 5.56 Å². The average molecular weight is 333 g/mol. The summed E-state index contributed by atoms with van der Waals surface area (Å²) < 4.78 is 15.0. The van der Waals surface area contributed by atoms with Crippen LogP contribution in [0.3, 0.4) is 0 Å². The Kier molecular flexibility index (Phi) is 4.91. The largest absolute Gasteiger partial charge is 0.350 e. The van der Waals surface area contributed by atoms with Gasteiger partial charge in [-0.25, -0.2) is 4.39 Å². The summed E-state index contributed by atoms with van der Waals surface area (Å²) in [6.07, 6.45) is 2.29. The van der Waals surface area contributed by atoms with E-state index in [1.807, 2.05) is 36.4 Å².